The largest absolute Gasteiger partial charge is 0.514 e. The quantitative estimate of drug-likeness (QED) is 0.238. The van der Waals surface area contributed by atoms with Gasteiger partial charge in [-0.05, 0) is 25.0 Å². The molecule has 1 aromatic carbocycles. The van der Waals surface area contributed by atoms with Crippen LogP contribution in [0.1, 0.15) is 67.7 Å². The van der Waals surface area contributed by atoms with Crippen molar-refractivity contribution in [2.75, 3.05) is 0 Å². The summed E-state index contributed by atoms with van der Waals surface area (Å²) in [6.45, 7) is 13.6. The first-order valence-corrected chi connectivity index (χ1v) is 9.52. The number of carbonyl (C=O) groups excluding carboxylic acids is 2. The van der Waals surface area contributed by atoms with E-state index in [9.17, 15) is 19.7 Å². The zero-order chi connectivity index (χ0) is 21.4. The lowest BCUT2D eigenvalue weighted by Crippen LogP contribution is -2.25. The second-order valence-corrected chi connectivity index (χ2v) is 5.23. The molecular formula is C20H33NO6. The summed E-state index contributed by atoms with van der Waals surface area (Å²) in [5.74, 6) is 0.115. The predicted molar refractivity (Wildman–Crippen MR) is 106 cm³/mol. The standard InChI is InChI=1S/C16H21NO6.2C2H6/c1-4-11(3)15(18)10-13(5-2)22-16(19)23-14-8-6-12(7-9-14)17(20)21;2*1-2/h6-9,11,13H,4-5,10H2,1-3H3;2*1-2H3. The van der Waals surface area contributed by atoms with Gasteiger partial charge in [-0.2, -0.15) is 0 Å². The molecule has 0 spiro atoms. The van der Waals surface area contributed by atoms with Gasteiger partial charge >= 0.3 is 6.16 Å². The van der Waals surface area contributed by atoms with E-state index in [1.165, 1.54) is 24.3 Å². The topological polar surface area (TPSA) is 95.7 Å². The molecule has 7 heteroatoms. The van der Waals surface area contributed by atoms with Crippen molar-refractivity contribution in [2.45, 2.75) is 73.8 Å². The maximum Gasteiger partial charge on any atom is 0.514 e. The minimum Gasteiger partial charge on any atom is -0.430 e. The van der Waals surface area contributed by atoms with Crippen LogP contribution in [0.5, 0.6) is 5.75 Å². The van der Waals surface area contributed by atoms with Crippen LogP contribution in [-0.4, -0.2) is 23.0 Å². The predicted octanol–water partition coefficient (Wildman–Crippen LogP) is 5.95. The van der Waals surface area contributed by atoms with Crippen molar-refractivity contribution >= 4 is 17.6 Å². The van der Waals surface area contributed by atoms with Crippen molar-refractivity contribution in [2.24, 2.45) is 5.92 Å². The second-order valence-electron chi connectivity index (χ2n) is 5.23. The third-order valence-corrected chi connectivity index (χ3v) is 3.56. The lowest BCUT2D eigenvalue weighted by Gasteiger charge is -2.17. The van der Waals surface area contributed by atoms with Crippen molar-refractivity contribution < 1.29 is 24.0 Å². The lowest BCUT2D eigenvalue weighted by atomic mass is 9.98. The van der Waals surface area contributed by atoms with Crippen molar-refractivity contribution in [3.8, 4) is 5.75 Å². The van der Waals surface area contributed by atoms with E-state index in [0.717, 1.165) is 6.42 Å². The number of nitro benzene ring substituents is 1. The number of carbonyl (C=O) groups is 2. The zero-order valence-electron chi connectivity index (χ0n) is 17.5. The van der Waals surface area contributed by atoms with E-state index in [1.807, 2.05) is 48.5 Å². The Bertz CT molecular complexity index is 556. The Labute approximate surface area is 162 Å². The Kier molecular flexibility index (Phi) is 15.7. The molecule has 0 bridgehead atoms. The molecule has 2 atom stereocenters. The molecule has 0 heterocycles. The fraction of sp³-hybridized carbons (Fsp3) is 0.600. The van der Waals surface area contributed by atoms with Gasteiger partial charge in [0.1, 0.15) is 17.6 Å². The van der Waals surface area contributed by atoms with Gasteiger partial charge in [0.2, 0.25) is 0 Å². The number of hydrogen-bond donors (Lipinski definition) is 0. The monoisotopic (exact) mass is 383 g/mol. The third-order valence-electron chi connectivity index (χ3n) is 3.56. The molecule has 1 aromatic rings. The highest BCUT2D eigenvalue weighted by molar-refractivity contribution is 5.81. The summed E-state index contributed by atoms with van der Waals surface area (Å²) in [6.07, 6.45) is -0.0781. The number of Topliss-reactive ketones (excluding diaryl/α,β-unsaturated/α-hetero) is 1. The Morgan fingerprint density at radius 3 is 1.96 bits per heavy atom. The Morgan fingerprint density at radius 1 is 1.04 bits per heavy atom. The first-order chi connectivity index (χ1) is 12.9. The Hall–Kier alpha value is -2.44. The summed E-state index contributed by atoms with van der Waals surface area (Å²) in [7, 11) is 0. The molecule has 27 heavy (non-hydrogen) atoms. The highest BCUT2D eigenvalue weighted by atomic mass is 16.7. The fourth-order valence-electron chi connectivity index (χ4n) is 1.81. The first-order valence-electron chi connectivity index (χ1n) is 9.52. The van der Waals surface area contributed by atoms with E-state index in [1.54, 1.807) is 0 Å². The van der Waals surface area contributed by atoms with Gasteiger partial charge in [-0.15, -0.1) is 0 Å². The fourth-order valence-corrected chi connectivity index (χ4v) is 1.81. The van der Waals surface area contributed by atoms with Crippen LogP contribution in [0.4, 0.5) is 10.5 Å². The van der Waals surface area contributed by atoms with Gasteiger partial charge in [0.05, 0.1) is 4.92 Å². The molecule has 7 nitrogen and oxygen atoms in total. The third kappa shape index (κ3) is 11.0. The molecule has 0 fully saturated rings. The minimum atomic E-state index is -0.928. The lowest BCUT2D eigenvalue weighted by molar-refractivity contribution is -0.384. The number of nitro groups is 1. The maximum atomic E-state index is 11.9. The van der Waals surface area contributed by atoms with Crippen LogP contribution in [0.25, 0.3) is 0 Å². The number of rotatable bonds is 8. The number of benzene rings is 1. The van der Waals surface area contributed by atoms with E-state index in [2.05, 4.69) is 0 Å². The number of ketones is 1. The molecule has 0 N–H and O–H groups in total. The molecule has 1 rings (SSSR count). The molecule has 0 aliphatic rings. The van der Waals surface area contributed by atoms with Gasteiger partial charge in [-0.25, -0.2) is 4.79 Å². The zero-order valence-corrected chi connectivity index (χ0v) is 17.5. The highest BCUT2D eigenvalue weighted by Gasteiger charge is 2.21. The second kappa shape index (κ2) is 15.8. The summed E-state index contributed by atoms with van der Waals surface area (Å²) in [5, 5.41) is 10.5. The molecule has 2 unspecified atom stereocenters. The molecule has 154 valence electrons. The maximum absolute atomic E-state index is 11.9. The molecule has 0 saturated heterocycles. The average molecular weight is 383 g/mol. The van der Waals surface area contributed by atoms with Gasteiger partial charge in [0.15, 0.2) is 0 Å². The van der Waals surface area contributed by atoms with Crippen LogP contribution >= 0.6 is 0 Å². The molecule has 0 radical (unpaired) electrons. The summed E-state index contributed by atoms with van der Waals surface area (Å²) >= 11 is 0. The summed E-state index contributed by atoms with van der Waals surface area (Å²) < 4.78 is 10.1. The van der Waals surface area contributed by atoms with E-state index in [-0.39, 0.29) is 29.6 Å². The van der Waals surface area contributed by atoms with Crippen molar-refractivity contribution in [3.63, 3.8) is 0 Å². The Morgan fingerprint density at radius 2 is 1.56 bits per heavy atom. The first kappa shape index (κ1) is 26.8. The number of nitrogens with zero attached hydrogens (tertiary/aromatic N) is 1. The molecule has 0 amide bonds. The van der Waals surface area contributed by atoms with Crippen LogP contribution in [0.2, 0.25) is 0 Å². The SMILES string of the molecule is CC.CC.CCC(CC(=O)C(C)CC)OC(=O)Oc1ccc([N+](=O)[O-])cc1. The van der Waals surface area contributed by atoms with E-state index in [0.29, 0.717) is 6.42 Å². The van der Waals surface area contributed by atoms with Gasteiger partial charge in [0.25, 0.3) is 5.69 Å². The van der Waals surface area contributed by atoms with E-state index in [4.69, 9.17) is 9.47 Å². The van der Waals surface area contributed by atoms with E-state index < -0.39 is 17.2 Å². The molecule has 0 aliphatic carbocycles. The van der Waals surface area contributed by atoms with Gasteiger partial charge < -0.3 is 9.47 Å². The number of non-ortho nitro benzene ring substituents is 1. The van der Waals surface area contributed by atoms with Crippen LogP contribution in [0.15, 0.2) is 24.3 Å². The summed E-state index contributed by atoms with van der Waals surface area (Å²) in [4.78, 5) is 33.6. The van der Waals surface area contributed by atoms with Crippen LogP contribution in [0.3, 0.4) is 0 Å². The van der Waals surface area contributed by atoms with Crippen LogP contribution in [-0.2, 0) is 9.53 Å². The van der Waals surface area contributed by atoms with Crippen molar-refractivity contribution in [3.05, 3.63) is 34.4 Å². The van der Waals surface area contributed by atoms with Crippen molar-refractivity contribution in [1.29, 1.82) is 0 Å². The minimum absolute atomic E-state index is 0.0440. The number of hydrogen-bond acceptors (Lipinski definition) is 6. The van der Waals surface area contributed by atoms with Crippen molar-refractivity contribution in [1.82, 2.24) is 0 Å². The summed E-state index contributed by atoms with van der Waals surface area (Å²) in [6, 6.07) is 5.08. The van der Waals surface area contributed by atoms with Crippen LogP contribution < -0.4 is 4.74 Å². The Balaban J connectivity index is 0. The highest BCUT2D eigenvalue weighted by Crippen LogP contribution is 2.19. The van der Waals surface area contributed by atoms with Crippen LogP contribution in [0, 0.1) is 16.0 Å². The van der Waals surface area contributed by atoms with Gasteiger partial charge in [-0.3, -0.25) is 14.9 Å². The smallest absolute Gasteiger partial charge is 0.430 e. The molecular weight excluding hydrogens is 350 g/mol. The molecule has 0 saturated carbocycles. The van der Waals surface area contributed by atoms with E-state index >= 15 is 0 Å². The summed E-state index contributed by atoms with van der Waals surface area (Å²) in [5.41, 5.74) is -0.101. The molecule has 0 aliphatic heterocycles. The van der Waals surface area contributed by atoms with Gasteiger partial charge in [0, 0.05) is 24.5 Å². The average Bonchev–Trinajstić information content (AvgIpc) is 2.70. The normalized spacial score (nSPS) is 11.5. The number of ether oxygens (including phenoxy) is 2. The van der Waals surface area contributed by atoms with Gasteiger partial charge in [-0.1, -0.05) is 48.5 Å². The molecule has 0 aromatic heterocycles.